The maximum Gasteiger partial charge on any atom is 0.277 e. The first-order valence-corrected chi connectivity index (χ1v) is 9.55. The van der Waals surface area contributed by atoms with Crippen molar-refractivity contribution in [1.82, 2.24) is 24.9 Å². The number of aryl methyl sites for hydroxylation is 3. The molecule has 0 fully saturated rings. The Hall–Kier alpha value is -2.59. The van der Waals surface area contributed by atoms with Gasteiger partial charge in [0.2, 0.25) is 0 Å². The zero-order valence-corrected chi connectivity index (χ0v) is 15.3. The van der Waals surface area contributed by atoms with Crippen molar-refractivity contribution in [3.8, 4) is 10.8 Å². The van der Waals surface area contributed by atoms with Crippen LogP contribution in [0.25, 0.3) is 10.8 Å². The van der Waals surface area contributed by atoms with Gasteiger partial charge in [0.1, 0.15) is 11.2 Å². The van der Waals surface area contributed by atoms with Crippen LogP contribution in [0.4, 0.5) is 0 Å². The van der Waals surface area contributed by atoms with E-state index in [0.29, 0.717) is 22.1 Å². The molecule has 0 bridgehead atoms. The molecule has 10 heteroatoms. The Morgan fingerprint density at radius 3 is 2.64 bits per heavy atom. The monoisotopic (exact) mass is 377 g/mol. The molecule has 25 heavy (non-hydrogen) atoms. The summed E-state index contributed by atoms with van der Waals surface area (Å²) >= 11 is 1.05. The van der Waals surface area contributed by atoms with Crippen molar-refractivity contribution in [3.05, 3.63) is 46.2 Å². The van der Waals surface area contributed by atoms with Crippen LogP contribution < -0.4 is 4.72 Å². The predicted octanol–water partition coefficient (Wildman–Crippen LogP) is 1.97. The molecule has 2 N–H and O–H groups in total. The molecule has 8 nitrogen and oxygen atoms in total. The van der Waals surface area contributed by atoms with Crippen molar-refractivity contribution in [3.63, 3.8) is 0 Å². The normalized spacial score (nSPS) is 11.5. The van der Waals surface area contributed by atoms with E-state index >= 15 is 0 Å². The Bertz CT molecular complexity index is 1040. The number of aromatic amines is 1. The highest BCUT2D eigenvalue weighted by Crippen LogP contribution is 2.25. The maximum absolute atomic E-state index is 12.5. The highest BCUT2D eigenvalue weighted by molar-refractivity contribution is 7.90. The van der Waals surface area contributed by atoms with Gasteiger partial charge in [-0.25, -0.2) is 23.1 Å². The summed E-state index contributed by atoms with van der Waals surface area (Å²) in [6, 6.07) is 4.92. The first-order chi connectivity index (χ1) is 11.8. The zero-order chi connectivity index (χ0) is 18.2. The van der Waals surface area contributed by atoms with Crippen LogP contribution in [0.3, 0.4) is 0 Å². The summed E-state index contributed by atoms with van der Waals surface area (Å²) in [6.45, 7) is 5.19. The van der Waals surface area contributed by atoms with E-state index in [1.54, 1.807) is 26.0 Å². The molecule has 3 aromatic rings. The molecule has 0 aliphatic rings. The lowest BCUT2D eigenvalue weighted by molar-refractivity contribution is 0.0984. The van der Waals surface area contributed by atoms with Crippen LogP contribution in [0.5, 0.6) is 0 Å². The van der Waals surface area contributed by atoms with Crippen molar-refractivity contribution < 1.29 is 13.2 Å². The van der Waals surface area contributed by atoms with Gasteiger partial charge in [-0.1, -0.05) is 17.7 Å². The maximum atomic E-state index is 12.5. The standard InChI is InChI=1S/C15H15N5O3S2/c1-8-4-5-11(9(2)6-8)25(22,23)20-14(21)12-10(3)18-15(24-12)13-16-7-17-19-13/h4-7H,1-3H3,(H,20,21)(H,16,17,19). The van der Waals surface area contributed by atoms with Gasteiger partial charge in [0.15, 0.2) is 10.8 Å². The fourth-order valence-electron chi connectivity index (χ4n) is 2.34. The van der Waals surface area contributed by atoms with E-state index in [9.17, 15) is 13.2 Å². The quantitative estimate of drug-likeness (QED) is 0.718. The summed E-state index contributed by atoms with van der Waals surface area (Å²) in [7, 11) is -3.97. The Morgan fingerprint density at radius 1 is 1.24 bits per heavy atom. The number of carbonyl (C=O) groups excluding carboxylic acids is 1. The van der Waals surface area contributed by atoms with Gasteiger partial charge >= 0.3 is 0 Å². The molecule has 0 saturated carbocycles. The third-order valence-electron chi connectivity index (χ3n) is 3.47. The molecule has 130 valence electrons. The van der Waals surface area contributed by atoms with E-state index in [0.717, 1.165) is 16.9 Å². The number of carbonyl (C=O) groups is 1. The van der Waals surface area contributed by atoms with Gasteiger partial charge in [0, 0.05) is 0 Å². The number of nitrogens with one attached hydrogen (secondary N) is 2. The van der Waals surface area contributed by atoms with Gasteiger partial charge in [-0.05, 0) is 32.4 Å². The number of aromatic nitrogens is 4. The van der Waals surface area contributed by atoms with Gasteiger partial charge in [0.25, 0.3) is 15.9 Å². The average molecular weight is 377 g/mol. The van der Waals surface area contributed by atoms with Crippen molar-refractivity contribution in [2.24, 2.45) is 0 Å². The van der Waals surface area contributed by atoms with Crippen molar-refractivity contribution >= 4 is 27.3 Å². The SMILES string of the molecule is Cc1ccc(S(=O)(=O)NC(=O)c2sc(-c3ncn[nH]3)nc2C)c(C)c1. The number of thiazole rings is 1. The van der Waals surface area contributed by atoms with Crippen LogP contribution >= 0.6 is 11.3 Å². The number of nitrogens with zero attached hydrogens (tertiary/aromatic N) is 3. The second-order valence-corrected chi connectivity index (χ2v) is 8.12. The first kappa shape index (κ1) is 17.2. The molecule has 0 radical (unpaired) electrons. The van der Waals surface area contributed by atoms with Crippen LogP contribution in [0, 0.1) is 20.8 Å². The predicted molar refractivity (Wildman–Crippen MR) is 92.8 cm³/mol. The largest absolute Gasteiger partial charge is 0.277 e. The Morgan fingerprint density at radius 2 is 2.00 bits per heavy atom. The Labute approximate surface area is 148 Å². The number of rotatable bonds is 4. The van der Waals surface area contributed by atoms with Gasteiger partial charge in [0.05, 0.1) is 10.6 Å². The van der Waals surface area contributed by atoms with Crippen LogP contribution in [0.2, 0.25) is 0 Å². The van der Waals surface area contributed by atoms with Crippen LogP contribution in [-0.4, -0.2) is 34.5 Å². The minimum atomic E-state index is -3.97. The summed E-state index contributed by atoms with van der Waals surface area (Å²) in [4.78, 5) is 20.9. The van der Waals surface area contributed by atoms with E-state index in [2.05, 4.69) is 24.9 Å². The second kappa shape index (κ2) is 6.37. The molecule has 0 atom stereocenters. The summed E-state index contributed by atoms with van der Waals surface area (Å²) in [6.07, 6.45) is 1.33. The highest BCUT2D eigenvalue weighted by Gasteiger charge is 2.24. The number of sulfonamides is 1. The third-order valence-corrected chi connectivity index (χ3v) is 6.12. The number of hydrogen-bond acceptors (Lipinski definition) is 7. The summed E-state index contributed by atoms with van der Waals surface area (Å²) in [5.41, 5.74) is 1.94. The molecule has 0 spiro atoms. The van der Waals surface area contributed by atoms with Crippen molar-refractivity contribution in [2.45, 2.75) is 25.7 Å². The smallest absolute Gasteiger partial charge is 0.267 e. The van der Waals surface area contributed by atoms with Crippen molar-refractivity contribution in [1.29, 1.82) is 0 Å². The molecule has 1 aromatic carbocycles. The van der Waals surface area contributed by atoms with Gasteiger partial charge in [-0.2, -0.15) is 5.10 Å². The molecule has 0 aliphatic heterocycles. The molecule has 2 heterocycles. The van der Waals surface area contributed by atoms with Gasteiger partial charge in [-0.3, -0.25) is 9.89 Å². The minimum absolute atomic E-state index is 0.0732. The fraction of sp³-hybridized carbons (Fsp3) is 0.200. The van der Waals surface area contributed by atoms with Crippen LogP contribution in [0.15, 0.2) is 29.4 Å². The van der Waals surface area contributed by atoms with E-state index in [4.69, 9.17) is 0 Å². The first-order valence-electron chi connectivity index (χ1n) is 7.25. The second-order valence-electron chi connectivity index (χ2n) is 5.47. The molecule has 0 saturated heterocycles. The summed E-state index contributed by atoms with van der Waals surface area (Å²) < 4.78 is 27.1. The highest BCUT2D eigenvalue weighted by atomic mass is 32.2. The number of amides is 1. The molecule has 1 amide bonds. The molecule has 2 aromatic heterocycles. The molecular formula is C15H15N5O3S2. The topological polar surface area (TPSA) is 118 Å². The van der Waals surface area contributed by atoms with E-state index in [1.165, 1.54) is 12.4 Å². The van der Waals surface area contributed by atoms with Crippen LogP contribution in [-0.2, 0) is 10.0 Å². The molecule has 0 aliphatic carbocycles. The lowest BCUT2D eigenvalue weighted by Gasteiger charge is -2.09. The van der Waals surface area contributed by atoms with E-state index < -0.39 is 15.9 Å². The average Bonchev–Trinajstić information content (AvgIpc) is 3.15. The molecular weight excluding hydrogens is 362 g/mol. The molecule has 3 rings (SSSR count). The summed E-state index contributed by atoms with van der Waals surface area (Å²) in [5.74, 6) is -0.301. The summed E-state index contributed by atoms with van der Waals surface area (Å²) in [5, 5.41) is 6.85. The zero-order valence-electron chi connectivity index (χ0n) is 13.7. The minimum Gasteiger partial charge on any atom is -0.267 e. The Kier molecular flexibility index (Phi) is 4.39. The lowest BCUT2D eigenvalue weighted by atomic mass is 10.2. The van der Waals surface area contributed by atoms with Crippen molar-refractivity contribution in [2.75, 3.05) is 0 Å². The van der Waals surface area contributed by atoms with E-state index in [1.807, 2.05) is 6.92 Å². The fourth-order valence-corrected chi connectivity index (χ4v) is 4.50. The van der Waals surface area contributed by atoms with Gasteiger partial charge in [-0.15, -0.1) is 11.3 Å². The Balaban J connectivity index is 1.89. The molecule has 0 unspecified atom stereocenters. The lowest BCUT2D eigenvalue weighted by Crippen LogP contribution is -2.31. The number of benzene rings is 1. The third kappa shape index (κ3) is 3.44. The van der Waals surface area contributed by atoms with E-state index in [-0.39, 0.29) is 9.77 Å². The van der Waals surface area contributed by atoms with Crippen LogP contribution in [0.1, 0.15) is 26.5 Å². The van der Waals surface area contributed by atoms with Gasteiger partial charge < -0.3 is 0 Å². The number of hydrogen-bond donors (Lipinski definition) is 2. The number of H-pyrrole nitrogens is 1.